The van der Waals surface area contributed by atoms with Crippen molar-refractivity contribution in [3.63, 3.8) is 0 Å². The maximum atomic E-state index is 5.78. The number of nitrogens with two attached hydrogens (primary N) is 1. The summed E-state index contributed by atoms with van der Waals surface area (Å²) in [6.07, 6.45) is 0.703. The summed E-state index contributed by atoms with van der Waals surface area (Å²) >= 11 is 0. The highest BCUT2D eigenvalue weighted by Crippen LogP contribution is 2.18. The molecule has 0 aliphatic carbocycles. The van der Waals surface area contributed by atoms with E-state index < -0.39 is 0 Å². The lowest BCUT2D eigenvalue weighted by Crippen LogP contribution is -2.09. The first-order valence-electron chi connectivity index (χ1n) is 6.26. The Hall–Kier alpha value is -1.95. The third-order valence-electron chi connectivity index (χ3n) is 2.99. The second-order valence-electron chi connectivity index (χ2n) is 4.45. The first-order valence-corrected chi connectivity index (χ1v) is 6.26. The smallest absolute Gasteiger partial charge is 0.170 e. The Kier molecular flexibility index (Phi) is 4.11. The molecule has 0 aliphatic rings. The van der Waals surface area contributed by atoms with Gasteiger partial charge in [-0.15, -0.1) is 10.2 Å². The molecule has 2 rings (SSSR count). The molecule has 0 saturated heterocycles. The Labute approximate surface area is 112 Å². The van der Waals surface area contributed by atoms with Gasteiger partial charge < -0.3 is 15.0 Å². The van der Waals surface area contributed by atoms with Gasteiger partial charge in [0, 0.05) is 19.2 Å². The largest absolute Gasteiger partial charge is 0.484 e. The first kappa shape index (κ1) is 13.5. The molecule has 19 heavy (non-hydrogen) atoms. The molecule has 2 aromatic rings. The third kappa shape index (κ3) is 3.08. The second-order valence-corrected chi connectivity index (χ2v) is 4.45. The highest BCUT2D eigenvalue weighted by Gasteiger charge is 2.09. The summed E-state index contributed by atoms with van der Waals surface area (Å²) < 4.78 is 7.69. The quantitative estimate of drug-likeness (QED) is 0.865. The number of ether oxygens (including phenoxy) is 1. The van der Waals surface area contributed by atoms with Crippen LogP contribution in [0.3, 0.4) is 0 Å². The van der Waals surface area contributed by atoms with Crippen LogP contribution in [0.5, 0.6) is 5.75 Å². The van der Waals surface area contributed by atoms with Gasteiger partial charge in [0.1, 0.15) is 18.2 Å². The van der Waals surface area contributed by atoms with E-state index in [4.69, 9.17) is 10.5 Å². The van der Waals surface area contributed by atoms with E-state index in [-0.39, 0.29) is 0 Å². The molecule has 0 bridgehead atoms. The van der Waals surface area contributed by atoms with Gasteiger partial charge in [-0.2, -0.15) is 0 Å². The van der Waals surface area contributed by atoms with Crippen molar-refractivity contribution >= 4 is 0 Å². The lowest BCUT2D eigenvalue weighted by Gasteiger charge is -2.10. The zero-order valence-corrected chi connectivity index (χ0v) is 11.6. The maximum Gasteiger partial charge on any atom is 0.170 e. The fourth-order valence-corrected chi connectivity index (χ4v) is 1.76. The molecule has 6 heteroatoms. The molecule has 0 atom stereocenters. The monoisotopic (exact) mass is 261 g/mol. The molecule has 0 aromatic carbocycles. The SMILES string of the molecule is Cc1ccc(OCc2nnc(C)n2C)c(CCN)n1. The Morgan fingerprint density at radius 1 is 1.26 bits per heavy atom. The van der Waals surface area contributed by atoms with Gasteiger partial charge in [-0.3, -0.25) is 4.98 Å². The zero-order valence-electron chi connectivity index (χ0n) is 11.6. The van der Waals surface area contributed by atoms with Gasteiger partial charge in [0.15, 0.2) is 5.82 Å². The van der Waals surface area contributed by atoms with Crippen LogP contribution >= 0.6 is 0 Å². The summed E-state index contributed by atoms with van der Waals surface area (Å²) in [5.74, 6) is 2.41. The number of hydrogen-bond acceptors (Lipinski definition) is 5. The van der Waals surface area contributed by atoms with E-state index in [2.05, 4.69) is 15.2 Å². The summed E-state index contributed by atoms with van der Waals surface area (Å²) in [5.41, 5.74) is 7.45. The number of rotatable bonds is 5. The number of hydrogen-bond donors (Lipinski definition) is 1. The molecular formula is C13H19N5O. The minimum absolute atomic E-state index is 0.375. The van der Waals surface area contributed by atoms with Crippen molar-refractivity contribution < 1.29 is 4.74 Å². The molecule has 2 aromatic heterocycles. The number of aryl methyl sites for hydroxylation is 2. The van der Waals surface area contributed by atoms with Crippen LogP contribution in [0.2, 0.25) is 0 Å². The van der Waals surface area contributed by atoms with Crippen LogP contribution in [-0.2, 0) is 20.1 Å². The molecule has 0 radical (unpaired) electrons. The van der Waals surface area contributed by atoms with Gasteiger partial charge in [-0.25, -0.2) is 0 Å². The van der Waals surface area contributed by atoms with E-state index in [1.165, 1.54) is 0 Å². The van der Waals surface area contributed by atoms with Gasteiger partial charge in [0.05, 0.1) is 5.69 Å². The number of aromatic nitrogens is 4. The van der Waals surface area contributed by atoms with E-state index in [0.29, 0.717) is 19.6 Å². The Morgan fingerprint density at radius 3 is 2.68 bits per heavy atom. The van der Waals surface area contributed by atoms with Crippen LogP contribution < -0.4 is 10.5 Å². The van der Waals surface area contributed by atoms with Crippen LogP contribution in [0.1, 0.15) is 23.0 Å². The summed E-state index contributed by atoms with van der Waals surface area (Å²) in [4.78, 5) is 4.45. The van der Waals surface area contributed by atoms with Gasteiger partial charge in [0.2, 0.25) is 0 Å². The highest BCUT2D eigenvalue weighted by molar-refractivity contribution is 5.29. The molecule has 0 saturated carbocycles. The first-order chi connectivity index (χ1) is 9.11. The van der Waals surface area contributed by atoms with Crippen molar-refractivity contribution in [2.24, 2.45) is 12.8 Å². The molecule has 0 aliphatic heterocycles. The average Bonchev–Trinajstić information content (AvgIpc) is 2.70. The fourth-order valence-electron chi connectivity index (χ4n) is 1.76. The average molecular weight is 261 g/mol. The van der Waals surface area contributed by atoms with Crippen molar-refractivity contribution in [2.45, 2.75) is 26.9 Å². The van der Waals surface area contributed by atoms with Crippen molar-refractivity contribution in [1.82, 2.24) is 19.7 Å². The molecule has 6 nitrogen and oxygen atoms in total. The molecular weight excluding hydrogens is 242 g/mol. The normalized spacial score (nSPS) is 10.7. The molecule has 2 N–H and O–H groups in total. The highest BCUT2D eigenvalue weighted by atomic mass is 16.5. The molecule has 102 valence electrons. The topological polar surface area (TPSA) is 78.9 Å². The molecule has 0 unspecified atom stereocenters. The van der Waals surface area contributed by atoms with E-state index in [1.807, 2.05) is 37.6 Å². The van der Waals surface area contributed by atoms with Crippen LogP contribution in [-0.4, -0.2) is 26.3 Å². The predicted molar refractivity (Wildman–Crippen MR) is 71.8 cm³/mol. The lowest BCUT2D eigenvalue weighted by atomic mass is 10.2. The number of pyridine rings is 1. The standard InChI is InChI=1S/C13H19N5O/c1-9-4-5-12(11(15-9)6-7-14)19-8-13-17-16-10(2)18(13)3/h4-5H,6-8,14H2,1-3H3. The van der Waals surface area contributed by atoms with Crippen LogP contribution in [0, 0.1) is 13.8 Å². The zero-order chi connectivity index (χ0) is 13.8. The van der Waals surface area contributed by atoms with E-state index in [0.717, 1.165) is 28.8 Å². The minimum Gasteiger partial charge on any atom is -0.484 e. The van der Waals surface area contributed by atoms with Crippen molar-refractivity contribution in [2.75, 3.05) is 6.54 Å². The summed E-state index contributed by atoms with van der Waals surface area (Å²) in [5, 5.41) is 8.07. The van der Waals surface area contributed by atoms with Gasteiger partial charge in [0.25, 0.3) is 0 Å². The van der Waals surface area contributed by atoms with Gasteiger partial charge in [-0.1, -0.05) is 0 Å². The van der Waals surface area contributed by atoms with Crippen LogP contribution in [0.25, 0.3) is 0 Å². The third-order valence-corrected chi connectivity index (χ3v) is 2.99. The minimum atomic E-state index is 0.375. The number of nitrogens with zero attached hydrogens (tertiary/aromatic N) is 4. The predicted octanol–water partition coefficient (Wildman–Crippen LogP) is 0.907. The van der Waals surface area contributed by atoms with E-state index in [9.17, 15) is 0 Å². The summed E-state index contributed by atoms with van der Waals surface area (Å²) in [7, 11) is 1.92. The van der Waals surface area contributed by atoms with Crippen LogP contribution in [0.15, 0.2) is 12.1 Å². The van der Waals surface area contributed by atoms with Crippen LogP contribution in [0.4, 0.5) is 0 Å². The maximum absolute atomic E-state index is 5.78. The molecule has 2 heterocycles. The van der Waals surface area contributed by atoms with E-state index in [1.54, 1.807) is 0 Å². The summed E-state index contributed by atoms with van der Waals surface area (Å²) in [6.45, 7) is 4.79. The van der Waals surface area contributed by atoms with Crippen molar-refractivity contribution in [3.8, 4) is 5.75 Å². The fraction of sp³-hybridized carbons (Fsp3) is 0.462. The Balaban J connectivity index is 2.12. The van der Waals surface area contributed by atoms with Gasteiger partial charge >= 0.3 is 0 Å². The molecule has 0 spiro atoms. The second kappa shape index (κ2) is 5.79. The molecule has 0 amide bonds. The Morgan fingerprint density at radius 2 is 2.05 bits per heavy atom. The van der Waals surface area contributed by atoms with Gasteiger partial charge in [-0.05, 0) is 32.5 Å². The van der Waals surface area contributed by atoms with Crippen molar-refractivity contribution in [3.05, 3.63) is 35.2 Å². The van der Waals surface area contributed by atoms with Crippen molar-refractivity contribution in [1.29, 1.82) is 0 Å². The van der Waals surface area contributed by atoms with E-state index >= 15 is 0 Å². The Bertz CT molecular complexity index is 564. The molecule has 0 fully saturated rings. The summed E-state index contributed by atoms with van der Waals surface area (Å²) in [6, 6.07) is 3.85. The lowest BCUT2D eigenvalue weighted by molar-refractivity contribution is 0.286.